The second kappa shape index (κ2) is 6.48. The number of nitro groups is 1. The van der Waals surface area contributed by atoms with Crippen molar-refractivity contribution in [2.45, 2.75) is 6.10 Å². The number of ether oxygens (including phenoxy) is 1. The molecule has 5 nitrogen and oxygen atoms in total. The van der Waals surface area contributed by atoms with Crippen molar-refractivity contribution < 1.29 is 14.1 Å². The van der Waals surface area contributed by atoms with E-state index in [0.717, 1.165) is 16.9 Å². The smallest absolute Gasteiger partial charge is 0.273 e. The maximum atomic E-state index is 13.3. The summed E-state index contributed by atoms with van der Waals surface area (Å²) < 4.78 is 19.4. The van der Waals surface area contributed by atoms with Gasteiger partial charge in [0.15, 0.2) is 5.75 Å². The molecule has 1 aliphatic heterocycles. The fourth-order valence-corrected chi connectivity index (χ4v) is 3.10. The van der Waals surface area contributed by atoms with Crippen LogP contribution in [-0.4, -0.2) is 11.5 Å². The van der Waals surface area contributed by atoms with E-state index in [4.69, 9.17) is 4.74 Å². The molecule has 1 unspecified atom stereocenters. The van der Waals surface area contributed by atoms with E-state index in [1.165, 1.54) is 24.3 Å². The summed E-state index contributed by atoms with van der Waals surface area (Å²) in [6, 6.07) is 20.4. The second-order valence-electron chi connectivity index (χ2n) is 6.01. The van der Waals surface area contributed by atoms with Crippen LogP contribution in [-0.2, 0) is 0 Å². The molecule has 0 aliphatic carbocycles. The Labute approximate surface area is 149 Å². The molecular formula is C20H15FN2O3. The first-order valence-corrected chi connectivity index (χ1v) is 8.15. The van der Waals surface area contributed by atoms with Gasteiger partial charge in [0.25, 0.3) is 5.69 Å². The van der Waals surface area contributed by atoms with Gasteiger partial charge in [0.2, 0.25) is 0 Å². The minimum absolute atomic E-state index is 0.0310. The highest BCUT2D eigenvalue weighted by Crippen LogP contribution is 2.43. The predicted molar refractivity (Wildman–Crippen MR) is 96.3 cm³/mol. The average Bonchev–Trinajstić information content (AvgIpc) is 2.68. The first-order chi connectivity index (χ1) is 12.6. The molecule has 0 saturated carbocycles. The van der Waals surface area contributed by atoms with Gasteiger partial charge in [-0.15, -0.1) is 0 Å². The summed E-state index contributed by atoms with van der Waals surface area (Å²) in [5.74, 6) is 0.120. The molecule has 0 amide bonds. The minimum Gasteiger partial charge on any atom is -0.481 e. The second-order valence-corrected chi connectivity index (χ2v) is 6.01. The van der Waals surface area contributed by atoms with E-state index in [1.54, 1.807) is 18.2 Å². The first kappa shape index (κ1) is 16.1. The zero-order valence-electron chi connectivity index (χ0n) is 13.7. The van der Waals surface area contributed by atoms with Crippen molar-refractivity contribution >= 4 is 17.1 Å². The van der Waals surface area contributed by atoms with Gasteiger partial charge in [0.1, 0.15) is 11.9 Å². The molecule has 1 heterocycles. The third kappa shape index (κ3) is 2.97. The number of hydrogen-bond acceptors (Lipinski definition) is 4. The van der Waals surface area contributed by atoms with Crippen molar-refractivity contribution in [3.05, 3.63) is 94.3 Å². The number of rotatable bonds is 3. The number of halogens is 1. The van der Waals surface area contributed by atoms with Gasteiger partial charge in [0, 0.05) is 11.8 Å². The van der Waals surface area contributed by atoms with Crippen LogP contribution in [0.1, 0.15) is 11.7 Å². The van der Waals surface area contributed by atoms with Crippen molar-refractivity contribution in [3.8, 4) is 5.75 Å². The van der Waals surface area contributed by atoms with Gasteiger partial charge in [-0.3, -0.25) is 10.1 Å². The topological polar surface area (TPSA) is 55.6 Å². The number of fused-ring (bicyclic) bond motifs is 1. The Morgan fingerprint density at radius 1 is 1.04 bits per heavy atom. The molecule has 0 radical (unpaired) electrons. The summed E-state index contributed by atoms with van der Waals surface area (Å²) in [6.45, 7) is 0.514. The molecule has 26 heavy (non-hydrogen) atoms. The monoisotopic (exact) mass is 350 g/mol. The predicted octanol–water partition coefficient (Wildman–Crippen LogP) is 5.01. The van der Waals surface area contributed by atoms with Crippen LogP contribution in [0.15, 0.2) is 72.8 Å². The Kier molecular flexibility index (Phi) is 4.01. The summed E-state index contributed by atoms with van der Waals surface area (Å²) in [6.07, 6.45) is -0.296. The molecular weight excluding hydrogens is 335 g/mol. The van der Waals surface area contributed by atoms with E-state index in [2.05, 4.69) is 0 Å². The first-order valence-electron chi connectivity index (χ1n) is 8.15. The Hall–Kier alpha value is -3.41. The van der Waals surface area contributed by atoms with Crippen molar-refractivity contribution in [1.29, 1.82) is 0 Å². The molecule has 6 heteroatoms. The van der Waals surface area contributed by atoms with Gasteiger partial charge in [-0.05, 0) is 35.9 Å². The minimum atomic E-state index is -0.446. The molecule has 3 aromatic rings. The maximum Gasteiger partial charge on any atom is 0.273 e. The van der Waals surface area contributed by atoms with Crippen LogP contribution in [0, 0.1) is 15.9 Å². The van der Waals surface area contributed by atoms with Crippen molar-refractivity contribution in [1.82, 2.24) is 0 Å². The van der Waals surface area contributed by atoms with Crippen molar-refractivity contribution in [3.63, 3.8) is 0 Å². The highest BCUT2D eigenvalue weighted by atomic mass is 19.1. The van der Waals surface area contributed by atoms with Gasteiger partial charge < -0.3 is 9.64 Å². The average molecular weight is 350 g/mol. The number of nitrogens with zero attached hydrogens (tertiary/aromatic N) is 2. The third-order valence-corrected chi connectivity index (χ3v) is 4.37. The van der Waals surface area contributed by atoms with Gasteiger partial charge in [-0.1, -0.05) is 30.3 Å². The molecule has 3 aromatic carbocycles. The van der Waals surface area contributed by atoms with E-state index in [9.17, 15) is 14.5 Å². The van der Waals surface area contributed by atoms with Crippen LogP contribution in [0.4, 0.5) is 21.5 Å². The molecule has 130 valence electrons. The van der Waals surface area contributed by atoms with Crippen molar-refractivity contribution in [2.24, 2.45) is 0 Å². The Bertz CT molecular complexity index is 945. The lowest BCUT2D eigenvalue weighted by molar-refractivity contribution is -0.384. The molecule has 0 bridgehead atoms. The summed E-state index contributed by atoms with van der Waals surface area (Å²) >= 11 is 0. The fourth-order valence-electron chi connectivity index (χ4n) is 3.10. The maximum absolute atomic E-state index is 13.3. The number of nitro benzene ring substituents is 1. The summed E-state index contributed by atoms with van der Waals surface area (Å²) in [4.78, 5) is 12.7. The summed E-state index contributed by atoms with van der Waals surface area (Å²) in [5.41, 5.74) is 2.45. The Morgan fingerprint density at radius 3 is 2.46 bits per heavy atom. The number of benzene rings is 3. The Balaban J connectivity index is 1.80. The van der Waals surface area contributed by atoms with E-state index in [-0.39, 0.29) is 17.6 Å². The van der Waals surface area contributed by atoms with Crippen LogP contribution in [0.3, 0.4) is 0 Å². The lowest BCUT2D eigenvalue weighted by Gasteiger charge is -2.36. The van der Waals surface area contributed by atoms with Gasteiger partial charge in [-0.2, -0.15) is 0 Å². The van der Waals surface area contributed by atoms with Crippen LogP contribution >= 0.6 is 0 Å². The number of anilines is 2. The van der Waals surface area contributed by atoms with E-state index >= 15 is 0 Å². The molecule has 0 fully saturated rings. The third-order valence-electron chi connectivity index (χ3n) is 4.37. The molecule has 0 N–H and O–H groups in total. The van der Waals surface area contributed by atoms with Crippen molar-refractivity contribution in [2.75, 3.05) is 11.4 Å². The summed E-state index contributed by atoms with van der Waals surface area (Å²) in [7, 11) is 0. The van der Waals surface area contributed by atoms with Gasteiger partial charge in [-0.25, -0.2) is 4.39 Å². The highest BCUT2D eigenvalue weighted by molar-refractivity contribution is 5.72. The molecule has 4 rings (SSSR count). The molecule has 1 aliphatic rings. The van der Waals surface area contributed by atoms with Crippen LogP contribution in [0.25, 0.3) is 0 Å². The standard InChI is InChI=1S/C20H15FN2O3/c21-15-6-8-16(9-7-15)22-13-20(14-4-2-1-3-5-14)26-19-12-17(23(24)25)10-11-18(19)22/h1-12,20H,13H2. The van der Waals surface area contributed by atoms with Crippen LogP contribution in [0.2, 0.25) is 0 Å². The largest absolute Gasteiger partial charge is 0.481 e. The molecule has 0 saturated heterocycles. The zero-order valence-corrected chi connectivity index (χ0v) is 13.7. The molecule has 0 spiro atoms. The lowest BCUT2D eigenvalue weighted by Crippen LogP contribution is -2.31. The number of non-ortho nitro benzene ring substituents is 1. The molecule has 1 atom stereocenters. The highest BCUT2D eigenvalue weighted by Gasteiger charge is 2.29. The Morgan fingerprint density at radius 2 is 1.77 bits per heavy atom. The number of hydrogen-bond donors (Lipinski definition) is 0. The quantitative estimate of drug-likeness (QED) is 0.492. The lowest BCUT2D eigenvalue weighted by atomic mass is 10.1. The normalized spacial score (nSPS) is 15.9. The van der Waals surface area contributed by atoms with E-state index in [0.29, 0.717) is 12.3 Å². The van der Waals surface area contributed by atoms with E-state index in [1.807, 2.05) is 35.2 Å². The fraction of sp³-hybridized carbons (Fsp3) is 0.100. The zero-order chi connectivity index (χ0) is 18.1. The van der Waals surface area contributed by atoms with Crippen LogP contribution in [0.5, 0.6) is 5.75 Å². The van der Waals surface area contributed by atoms with E-state index < -0.39 is 4.92 Å². The van der Waals surface area contributed by atoms with Crippen LogP contribution < -0.4 is 9.64 Å². The molecule has 0 aromatic heterocycles. The van der Waals surface area contributed by atoms with Gasteiger partial charge >= 0.3 is 0 Å². The SMILES string of the molecule is O=[N+]([O-])c1ccc2c(c1)OC(c1ccccc1)CN2c1ccc(F)cc1. The summed E-state index contributed by atoms with van der Waals surface area (Å²) in [5, 5.41) is 11.1. The van der Waals surface area contributed by atoms with Gasteiger partial charge in [0.05, 0.1) is 23.2 Å².